The van der Waals surface area contributed by atoms with Gasteiger partial charge < -0.3 is 10.6 Å². The number of nitriles is 1. The lowest BCUT2D eigenvalue weighted by Crippen LogP contribution is -2.14. The fraction of sp³-hybridized carbons (Fsp3) is 0. The SMILES string of the molecule is N#C/C(C(=S)Nc1ccccc1F)=C1\Nc2ccccc2S1. The highest BCUT2D eigenvalue weighted by Gasteiger charge is 2.21. The zero-order valence-corrected chi connectivity index (χ0v) is 12.9. The number of hydrogen-bond donors (Lipinski definition) is 2. The fourth-order valence-electron chi connectivity index (χ4n) is 1.98. The highest BCUT2D eigenvalue weighted by Crippen LogP contribution is 2.42. The molecule has 3 rings (SSSR count). The summed E-state index contributed by atoms with van der Waals surface area (Å²) in [5, 5.41) is 16.0. The number of rotatable bonds is 2. The summed E-state index contributed by atoms with van der Waals surface area (Å²) in [7, 11) is 0. The van der Waals surface area contributed by atoms with E-state index in [-0.39, 0.29) is 10.7 Å². The molecule has 0 unspecified atom stereocenters. The predicted molar refractivity (Wildman–Crippen MR) is 91.2 cm³/mol. The van der Waals surface area contributed by atoms with Crippen molar-refractivity contribution in [1.29, 1.82) is 5.26 Å². The van der Waals surface area contributed by atoms with Crippen LogP contribution in [0.15, 0.2) is 64.0 Å². The van der Waals surface area contributed by atoms with Crippen molar-refractivity contribution >= 4 is 40.3 Å². The maximum atomic E-state index is 13.7. The second kappa shape index (κ2) is 6.18. The van der Waals surface area contributed by atoms with Gasteiger partial charge in [0.15, 0.2) is 0 Å². The summed E-state index contributed by atoms with van der Waals surface area (Å²) in [6.07, 6.45) is 0. The number of halogens is 1. The van der Waals surface area contributed by atoms with Crippen molar-refractivity contribution in [3.05, 3.63) is 65.0 Å². The number of thiocarbonyl (C=S) groups is 1. The zero-order chi connectivity index (χ0) is 15.5. The second-order valence-corrected chi connectivity index (χ2v) is 5.93. The van der Waals surface area contributed by atoms with E-state index in [9.17, 15) is 9.65 Å². The Morgan fingerprint density at radius 2 is 1.91 bits per heavy atom. The molecule has 0 amide bonds. The minimum Gasteiger partial charge on any atom is -0.348 e. The molecule has 1 aliphatic heterocycles. The molecule has 0 radical (unpaired) electrons. The second-order valence-electron chi connectivity index (χ2n) is 4.47. The van der Waals surface area contributed by atoms with Crippen LogP contribution in [0.2, 0.25) is 0 Å². The quantitative estimate of drug-likeness (QED) is 0.482. The van der Waals surface area contributed by atoms with Gasteiger partial charge in [0.2, 0.25) is 0 Å². The van der Waals surface area contributed by atoms with Gasteiger partial charge in [0, 0.05) is 4.90 Å². The first kappa shape index (κ1) is 14.6. The van der Waals surface area contributed by atoms with Crippen molar-refractivity contribution in [2.75, 3.05) is 10.6 Å². The van der Waals surface area contributed by atoms with Crippen LogP contribution in [0.3, 0.4) is 0 Å². The minimum atomic E-state index is -0.414. The maximum absolute atomic E-state index is 13.7. The molecular formula is C16H10FN3S2. The van der Waals surface area contributed by atoms with Crippen LogP contribution in [0.25, 0.3) is 0 Å². The van der Waals surface area contributed by atoms with Gasteiger partial charge in [-0.3, -0.25) is 0 Å². The molecule has 1 aliphatic rings. The summed E-state index contributed by atoms with van der Waals surface area (Å²) in [6.45, 7) is 0. The largest absolute Gasteiger partial charge is 0.348 e. The normalized spacial score (nSPS) is 14.5. The lowest BCUT2D eigenvalue weighted by Gasteiger charge is -2.09. The topological polar surface area (TPSA) is 47.9 Å². The summed E-state index contributed by atoms with van der Waals surface area (Å²) in [6, 6.07) is 16.0. The smallest absolute Gasteiger partial charge is 0.146 e. The van der Waals surface area contributed by atoms with E-state index in [1.165, 1.54) is 17.8 Å². The third kappa shape index (κ3) is 2.82. The van der Waals surface area contributed by atoms with Gasteiger partial charge in [-0.2, -0.15) is 5.26 Å². The van der Waals surface area contributed by atoms with E-state index in [0.717, 1.165) is 10.6 Å². The third-order valence-corrected chi connectivity index (χ3v) is 4.43. The van der Waals surface area contributed by atoms with Crippen LogP contribution in [-0.4, -0.2) is 4.99 Å². The van der Waals surface area contributed by atoms with Gasteiger partial charge in [-0.25, -0.2) is 4.39 Å². The number of nitrogens with zero attached hydrogens (tertiary/aromatic N) is 1. The first-order valence-electron chi connectivity index (χ1n) is 6.43. The molecule has 108 valence electrons. The monoisotopic (exact) mass is 327 g/mol. The molecule has 0 atom stereocenters. The maximum Gasteiger partial charge on any atom is 0.146 e. The number of fused-ring (bicyclic) bond motifs is 1. The van der Waals surface area contributed by atoms with E-state index in [0.29, 0.717) is 10.6 Å². The molecule has 2 aromatic rings. The molecule has 0 bridgehead atoms. The van der Waals surface area contributed by atoms with Crippen molar-refractivity contribution in [3.8, 4) is 6.07 Å². The Morgan fingerprint density at radius 3 is 2.64 bits per heavy atom. The number of anilines is 2. The Morgan fingerprint density at radius 1 is 1.18 bits per heavy atom. The molecule has 0 spiro atoms. The Balaban J connectivity index is 1.87. The van der Waals surface area contributed by atoms with Gasteiger partial charge in [0.05, 0.1) is 16.4 Å². The van der Waals surface area contributed by atoms with E-state index < -0.39 is 5.82 Å². The molecular weight excluding hydrogens is 317 g/mol. The first-order valence-corrected chi connectivity index (χ1v) is 7.65. The van der Waals surface area contributed by atoms with Crippen LogP contribution < -0.4 is 10.6 Å². The van der Waals surface area contributed by atoms with Gasteiger partial charge in [-0.05, 0) is 24.3 Å². The van der Waals surface area contributed by atoms with E-state index in [4.69, 9.17) is 12.2 Å². The molecule has 0 aliphatic carbocycles. The van der Waals surface area contributed by atoms with Crippen molar-refractivity contribution in [2.45, 2.75) is 4.90 Å². The lowest BCUT2D eigenvalue weighted by atomic mass is 10.2. The molecule has 0 saturated heterocycles. The lowest BCUT2D eigenvalue weighted by molar-refractivity contribution is 0.632. The summed E-state index contributed by atoms with van der Waals surface area (Å²) < 4.78 is 13.7. The molecule has 0 aromatic heterocycles. The number of thioether (sulfide) groups is 1. The third-order valence-electron chi connectivity index (χ3n) is 3.04. The van der Waals surface area contributed by atoms with Gasteiger partial charge in [0.1, 0.15) is 22.4 Å². The van der Waals surface area contributed by atoms with Crippen LogP contribution in [-0.2, 0) is 0 Å². The Labute approximate surface area is 136 Å². The highest BCUT2D eigenvalue weighted by molar-refractivity contribution is 8.03. The van der Waals surface area contributed by atoms with Crippen LogP contribution in [0, 0.1) is 17.1 Å². The number of para-hydroxylation sites is 2. The van der Waals surface area contributed by atoms with Crippen molar-refractivity contribution in [1.82, 2.24) is 0 Å². The number of hydrogen-bond acceptors (Lipinski definition) is 4. The van der Waals surface area contributed by atoms with Crippen molar-refractivity contribution in [3.63, 3.8) is 0 Å². The molecule has 3 nitrogen and oxygen atoms in total. The van der Waals surface area contributed by atoms with E-state index in [1.54, 1.807) is 18.2 Å². The van der Waals surface area contributed by atoms with Gasteiger partial charge in [0.25, 0.3) is 0 Å². The van der Waals surface area contributed by atoms with E-state index >= 15 is 0 Å². The summed E-state index contributed by atoms with van der Waals surface area (Å²) in [5.41, 5.74) is 1.48. The average Bonchev–Trinajstić information content (AvgIpc) is 2.94. The van der Waals surface area contributed by atoms with E-state index in [2.05, 4.69) is 16.7 Å². The fourth-order valence-corrected chi connectivity index (χ4v) is 3.31. The summed E-state index contributed by atoms with van der Waals surface area (Å²) in [4.78, 5) is 1.22. The molecule has 2 aromatic carbocycles. The number of benzene rings is 2. The van der Waals surface area contributed by atoms with Crippen molar-refractivity contribution in [2.24, 2.45) is 0 Å². The molecule has 22 heavy (non-hydrogen) atoms. The molecule has 0 fully saturated rings. The Kier molecular flexibility index (Phi) is 4.09. The number of nitrogens with one attached hydrogen (secondary N) is 2. The van der Waals surface area contributed by atoms with Crippen LogP contribution in [0.4, 0.5) is 15.8 Å². The first-order chi connectivity index (χ1) is 10.7. The zero-order valence-electron chi connectivity index (χ0n) is 11.3. The predicted octanol–water partition coefficient (Wildman–Crippen LogP) is 4.52. The molecule has 2 N–H and O–H groups in total. The Hall–Kier alpha value is -2.36. The molecule has 1 heterocycles. The Bertz CT molecular complexity index is 797. The summed E-state index contributed by atoms with van der Waals surface area (Å²) >= 11 is 6.69. The van der Waals surface area contributed by atoms with Crippen LogP contribution in [0.5, 0.6) is 0 Å². The van der Waals surface area contributed by atoms with Gasteiger partial charge in [-0.15, -0.1) is 0 Å². The average molecular weight is 327 g/mol. The van der Waals surface area contributed by atoms with Crippen LogP contribution in [0.1, 0.15) is 0 Å². The molecule has 6 heteroatoms. The van der Waals surface area contributed by atoms with Crippen molar-refractivity contribution < 1.29 is 4.39 Å². The standard InChI is InChI=1S/C16H10FN3S2/c17-11-5-1-2-6-12(11)19-15(21)10(9-18)16-20-13-7-3-4-8-14(13)22-16/h1-8,20H,(H,19,21)/b16-10-. The summed E-state index contributed by atoms with van der Waals surface area (Å²) in [5.74, 6) is -0.414. The van der Waals surface area contributed by atoms with Gasteiger partial charge in [-0.1, -0.05) is 48.2 Å². The highest BCUT2D eigenvalue weighted by atomic mass is 32.2. The molecule has 0 saturated carbocycles. The van der Waals surface area contributed by atoms with Crippen LogP contribution >= 0.6 is 24.0 Å². The van der Waals surface area contributed by atoms with Gasteiger partial charge >= 0.3 is 0 Å². The van der Waals surface area contributed by atoms with E-state index in [1.807, 2.05) is 24.3 Å². The minimum absolute atomic E-state index is 0.190.